The fourth-order valence-corrected chi connectivity index (χ4v) is 2.01. The molecule has 0 fully saturated rings. The van der Waals surface area contributed by atoms with Gasteiger partial charge in [-0.2, -0.15) is 0 Å². The van der Waals surface area contributed by atoms with Crippen molar-refractivity contribution in [3.05, 3.63) is 57.9 Å². The third-order valence-corrected chi connectivity index (χ3v) is 2.97. The van der Waals surface area contributed by atoms with Gasteiger partial charge in [-0.3, -0.25) is 4.79 Å². The molecule has 0 bridgehead atoms. The summed E-state index contributed by atoms with van der Waals surface area (Å²) < 4.78 is 19.4. The highest BCUT2D eigenvalue weighted by Gasteiger charge is 2.06. The van der Waals surface area contributed by atoms with Gasteiger partial charge in [0.1, 0.15) is 0 Å². The topological polar surface area (TPSA) is 38.3 Å². The normalized spacial score (nSPS) is 10.0. The predicted molar refractivity (Wildman–Crippen MR) is 79.7 cm³/mol. The van der Waals surface area contributed by atoms with Crippen LogP contribution in [0.5, 0.6) is 5.75 Å². The van der Waals surface area contributed by atoms with Crippen molar-refractivity contribution in [1.82, 2.24) is 0 Å². The molecule has 0 unspecified atom stereocenters. The second-order valence-corrected chi connectivity index (χ2v) is 5.02. The summed E-state index contributed by atoms with van der Waals surface area (Å²) in [6, 6.07) is 13.4. The lowest BCUT2D eigenvalue weighted by Gasteiger charge is -2.08. The van der Waals surface area contributed by atoms with Gasteiger partial charge in [-0.1, -0.05) is 18.2 Å². The lowest BCUT2D eigenvalue weighted by molar-refractivity contribution is -0.118. The molecular formula is C14H11FINO2. The Balaban J connectivity index is 1.90. The number of hydrogen-bond acceptors (Lipinski definition) is 2. The van der Waals surface area contributed by atoms with Crippen molar-refractivity contribution >= 4 is 34.2 Å². The number of ether oxygens (including phenoxy) is 1. The summed E-state index contributed by atoms with van der Waals surface area (Å²) in [5.41, 5.74) is 0.689. The summed E-state index contributed by atoms with van der Waals surface area (Å²) in [5.74, 6) is -0.741. The van der Waals surface area contributed by atoms with Crippen LogP contribution in [0.3, 0.4) is 0 Å². The first-order chi connectivity index (χ1) is 9.15. The Labute approximate surface area is 123 Å². The number of carbonyl (C=O) groups excluding carboxylic acids is 1. The van der Waals surface area contributed by atoms with Crippen LogP contribution in [0.1, 0.15) is 0 Å². The first-order valence-corrected chi connectivity index (χ1v) is 6.66. The van der Waals surface area contributed by atoms with E-state index in [1.807, 2.05) is 18.2 Å². The van der Waals surface area contributed by atoms with Gasteiger partial charge in [0.2, 0.25) is 0 Å². The molecule has 0 heterocycles. The minimum Gasteiger partial charge on any atom is -0.481 e. The van der Waals surface area contributed by atoms with E-state index >= 15 is 0 Å². The van der Waals surface area contributed by atoms with E-state index in [4.69, 9.17) is 4.74 Å². The molecule has 1 amide bonds. The van der Waals surface area contributed by atoms with Gasteiger partial charge in [0.25, 0.3) is 5.91 Å². The Kier molecular flexibility index (Phi) is 4.73. The van der Waals surface area contributed by atoms with E-state index in [-0.39, 0.29) is 18.3 Å². The van der Waals surface area contributed by atoms with Crippen LogP contribution >= 0.6 is 22.6 Å². The molecular weight excluding hydrogens is 360 g/mol. The largest absolute Gasteiger partial charge is 0.481 e. The predicted octanol–water partition coefficient (Wildman–Crippen LogP) is 3.45. The van der Waals surface area contributed by atoms with Crippen molar-refractivity contribution in [2.45, 2.75) is 0 Å². The summed E-state index contributed by atoms with van der Waals surface area (Å²) in [4.78, 5) is 11.6. The molecule has 0 aliphatic heterocycles. The van der Waals surface area contributed by atoms with Crippen LogP contribution in [0.15, 0.2) is 48.5 Å². The SMILES string of the molecule is O=C(COc1ccccc1F)Nc1cccc(I)c1. The highest BCUT2D eigenvalue weighted by Crippen LogP contribution is 2.16. The minimum absolute atomic E-state index is 0.0697. The average Bonchev–Trinajstić information content (AvgIpc) is 2.38. The van der Waals surface area contributed by atoms with Crippen LogP contribution in [0.2, 0.25) is 0 Å². The summed E-state index contributed by atoms with van der Waals surface area (Å²) in [7, 11) is 0. The van der Waals surface area contributed by atoms with Crippen LogP contribution in [0.4, 0.5) is 10.1 Å². The lowest BCUT2D eigenvalue weighted by atomic mass is 10.3. The van der Waals surface area contributed by atoms with Gasteiger partial charge in [0.05, 0.1) is 0 Å². The second kappa shape index (κ2) is 6.51. The van der Waals surface area contributed by atoms with Crippen molar-refractivity contribution in [3.8, 4) is 5.75 Å². The van der Waals surface area contributed by atoms with E-state index in [1.165, 1.54) is 12.1 Å². The molecule has 0 spiro atoms. The third-order valence-electron chi connectivity index (χ3n) is 2.30. The van der Waals surface area contributed by atoms with Crippen LogP contribution in [-0.4, -0.2) is 12.5 Å². The Morgan fingerprint density at radius 3 is 2.74 bits per heavy atom. The van der Waals surface area contributed by atoms with Crippen LogP contribution in [0, 0.1) is 9.39 Å². The molecule has 19 heavy (non-hydrogen) atoms. The molecule has 2 aromatic rings. The molecule has 0 aromatic heterocycles. The molecule has 5 heteroatoms. The van der Waals surface area contributed by atoms with Crippen molar-refractivity contribution in [1.29, 1.82) is 0 Å². The van der Waals surface area contributed by atoms with Gasteiger partial charge < -0.3 is 10.1 Å². The van der Waals surface area contributed by atoms with E-state index in [1.54, 1.807) is 18.2 Å². The quantitative estimate of drug-likeness (QED) is 0.837. The van der Waals surface area contributed by atoms with E-state index in [0.717, 1.165) is 3.57 Å². The van der Waals surface area contributed by atoms with E-state index < -0.39 is 5.82 Å². The number of anilines is 1. The average molecular weight is 371 g/mol. The molecule has 0 saturated carbocycles. The highest BCUT2D eigenvalue weighted by atomic mass is 127. The zero-order chi connectivity index (χ0) is 13.7. The minimum atomic E-state index is -0.482. The van der Waals surface area contributed by atoms with E-state index in [9.17, 15) is 9.18 Å². The summed E-state index contributed by atoms with van der Waals surface area (Å²) in [6.45, 7) is -0.230. The Morgan fingerprint density at radius 1 is 1.21 bits per heavy atom. The van der Waals surface area contributed by atoms with Gasteiger partial charge in [-0.05, 0) is 52.9 Å². The molecule has 0 atom stereocenters. The molecule has 0 saturated heterocycles. The standard InChI is InChI=1S/C14H11FINO2/c15-12-6-1-2-7-13(12)19-9-14(18)17-11-5-3-4-10(16)8-11/h1-8H,9H2,(H,17,18). The number of para-hydroxylation sites is 1. The summed E-state index contributed by atoms with van der Waals surface area (Å²) in [6.07, 6.45) is 0. The van der Waals surface area contributed by atoms with Gasteiger partial charge in [0.15, 0.2) is 18.2 Å². The smallest absolute Gasteiger partial charge is 0.262 e. The monoisotopic (exact) mass is 371 g/mol. The van der Waals surface area contributed by atoms with Crippen LogP contribution in [0.25, 0.3) is 0 Å². The molecule has 3 nitrogen and oxygen atoms in total. The van der Waals surface area contributed by atoms with Crippen LogP contribution < -0.4 is 10.1 Å². The first kappa shape index (κ1) is 13.8. The van der Waals surface area contributed by atoms with Crippen molar-refractivity contribution in [2.75, 3.05) is 11.9 Å². The summed E-state index contributed by atoms with van der Waals surface area (Å²) in [5, 5.41) is 2.68. The molecule has 0 aliphatic carbocycles. The number of amides is 1. The second-order valence-electron chi connectivity index (χ2n) is 3.78. The Bertz CT molecular complexity index is 589. The van der Waals surface area contributed by atoms with Gasteiger partial charge in [-0.25, -0.2) is 4.39 Å². The fraction of sp³-hybridized carbons (Fsp3) is 0.0714. The first-order valence-electron chi connectivity index (χ1n) is 5.58. The molecule has 98 valence electrons. The molecule has 0 aliphatic rings. The number of nitrogens with one attached hydrogen (secondary N) is 1. The van der Waals surface area contributed by atoms with Gasteiger partial charge >= 0.3 is 0 Å². The van der Waals surface area contributed by atoms with Crippen LogP contribution in [-0.2, 0) is 4.79 Å². The zero-order valence-electron chi connectivity index (χ0n) is 9.90. The Hall–Kier alpha value is -1.63. The van der Waals surface area contributed by atoms with E-state index in [2.05, 4.69) is 27.9 Å². The number of carbonyl (C=O) groups is 1. The van der Waals surface area contributed by atoms with Gasteiger partial charge in [-0.15, -0.1) is 0 Å². The Morgan fingerprint density at radius 2 is 2.00 bits per heavy atom. The molecule has 2 rings (SSSR count). The van der Waals surface area contributed by atoms with Crippen molar-refractivity contribution in [3.63, 3.8) is 0 Å². The number of rotatable bonds is 4. The highest BCUT2D eigenvalue weighted by molar-refractivity contribution is 14.1. The lowest BCUT2D eigenvalue weighted by Crippen LogP contribution is -2.20. The molecule has 0 radical (unpaired) electrons. The molecule has 1 N–H and O–H groups in total. The maximum atomic E-state index is 13.3. The maximum absolute atomic E-state index is 13.3. The summed E-state index contributed by atoms with van der Waals surface area (Å²) >= 11 is 2.16. The van der Waals surface area contributed by atoms with Crippen molar-refractivity contribution < 1.29 is 13.9 Å². The van der Waals surface area contributed by atoms with Crippen molar-refractivity contribution in [2.24, 2.45) is 0 Å². The zero-order valence-corrected chi connectivity index (χ0v) is 12.1. The van der Waals surface area contributed by atoms with Gasteiger partial charge in [0, 0.05) is 9.26 Å². The molecule has 2 aromatic carbocycles. The number of hydrogen-bond donors (Lipinski definition) is 1. The fourth-order valence-electron chi connectivity index (χ4n) is 1.47. The third kappa shape index (κ3) is 4.20. The maximum Gasteiger partial charge on any atom is 0.262 e. The number of benzene rings is 2. The number of halogens is 2. The van der Waals surface area contributed by atoms with E-state index in [0.29, 0.717) is 5.69 Å².